The normalized spacial score (nSPS) is 12.6. The predicted molar refractivity (Wildman–Crippen MR) is 212 cm³/mol. The van der Waals surface area contributed by atoms with Crippen LogP contribution in [0.5, 0.6) is 0 Å². The van der Waals surface area contributed by atoms with Gasteiger partial charge < -0.3 is 8.98 Å². The largest absolute Gasteiger partial charge is 0.456 e. The Hall–Kier alpha value is -6.56. The first-order valence-corrected chi connectivity index (χ1v) is 17.2. The Bertz CT molecular complexity index is 2720. The molecular weight excluding hydrogens is 625 g/mol. The second kappa shape index (κ2) is 13.0. The molecule has 0 saturated carbocycles. The molecule has 244 valence electrons. The molecule has 5 heteroatoms. The molecule has 0 spiro atoms. The fourth-order valence-corrected chi connectivity index (χ4v) is 7.21. The lowest BCUT2D eigenvalue weighted by molar-refractivity contribution is 0.554. The summed E-state index contributed by atoms with van der Waals surface area (Å²) in [5.41, 5.74) is 10.5. The number of hydrogen-bond donors (Lipinski definition) is 1. The summed E-state index contributed by atoms with van der Waals surface area (Å²) in [5, 5.41) is 8.26. The van der Waals surface area contributed by atoms with Crippen molar-refractivity contribution in [3.63, 3.8) is 0 Å². The molecule has 0 aliphatic heterocycles. The lowest BCUT2D eigenvalue weighted by atomic mass is 10.0. The molecule has 7 aromatic carbocycles. The van der Waals surface area contributed by atoms with E-state index in [0.29, 0.717) is 12.4 Å². The van der Waals surface area contributed by atoms with Crippen molar-refractivity contribution in [3.05, 3.63) is 187 Å². The lowest BCUT2D eigenvalue weighted by Crippen LogP contribution is -2.20. The monoisotopic (exact) mass is 658 g/mol. The first kappa shape index (κ1) is 30.5. The third-order valence-electron chi connectivity index (χ3n) is 9.59. The molecule has 9 aromatic rings. The maximum Gasteiger partial charge on any atom is 0.155 e. The van der Waals surface area contributed by atoms with Crippen molar-refractivity contribution >= 4 is 56.3 Å². The van der Waals surface area contributed by atoms with E-state index in [2.05, 4.69) is 149 Å². The van der Waals surface area contributed by atoms with E-state index in [1.54, 1.807) is 0 Å². The average molecular weight is 659 g/mol. The van der Waals surface area contributed by atoms with Crippen molar-refractivity contribution in [2.24, 2.45) is 9.98 Å². The lowest BCUT2D eigenvalue weighted by Gasteiger charge is -2.17. The van der Waals surface area contributed by atoms with E-state index in [0.717, 1.165) is 60.9 Å². The fourth-order valence-electron chi connectivity index (χ4n) is 7.21. The summed E-state index contributed by atoms with van der Waals surface area (Å²) in [6.45, 7) is 4.60. The minimum atomic E-state index is -0.301. The standard InChI is InChI=1S/C46H34N4O/c1-47-45(49-46(32-16-6-3-7-17-32)48-30-31-14-4-2-5-15-31)35-20-12-18-33(28-35)34-19-13-21-36(29-34)50-40-24-10-8-22-37(40)38-26-27-42-43(44(38)50)39-23-9-11-25-41(39)51-42/h2-29,46,48H,1,30H2/b49-45-. The van der Waals surface area contributed by atoms with Crippen LogP contribution in [-0.2, 0) is 6.54 Å². The summed E-state index contributed by atoms with van der Waals surface area (Å²) in [6.07, 6.45) is -0.301. The molecule has 0 amide bonds. The third-order valence-corrected chi connectivity index (χ3v) is 9.59. The zero-order valence-electron chi connectivity index (χ0n) is 27.9. The van der Waals surface area contributed by atoms with Crippen LogP contribution >= 0.6 is 0 Å². The van der Waals surface area contributed by atoms with Crippen LogP contribution in [0.3, 0.4) is 0 Å². The number of nitrogens with one attached hydrogen (secondary N) is 1. The van der Waals surface area contributed by atoms with Crippen molar-refractivity contribution in [1.29, 1.82) is 0 Å². The Morgan fingerprint density at radius 1 is 0.627 bits per heavy atom. The number of rotatable bonds is 8. The van der Waals surface area contributed by atoms with Crippen LogP contribution in [0, 0.1) is 0 Å². The fraction of sp³-hybridized carbons (Fsp3) is 0.0435. The molecule has 0 aliphatic rings. The first-order chi connectivity index (χ1) is 25.2. The number of amidine groups is 1. The van der Waals surface area contributed by atoms with E-state index >= 15 is 0 Å². The summed E-state index contributed by atoms with van der Waals surface area (Å²) < 4.78 is 8.72. The Balaban J connectivity index is 1.14. The van der Waals surface area contributed by atoms with Crippen molar-refractivity contribution < 1.29 is 4.42 Å². The molecular formula is C46H34N4O. The SMILES string of the molecule is C=N/C(=N\C(NCc1ccccc1)c1ccccc1)c1cccc(-c2cccc(-n3c4ccccc4c4ccc5oc6ccccc6c5c43)c2)c1. The van der Waals surface area contributed by atoms with E-state index in [9.17, 15) is 0 Å². The Kier molecular flexibility index (Phi) is 7.80. The number of nitrogens with zero attached hydrogens (tertiary/aromatic N) is 3. The minimum Gasteiger partial charge on any atom is -0.456 e. The number of fused-ring (bicyclic) bond motifs is 7. The van der Waals surface area contributed by atoms with Crippen molar-refractivity contribution in [1.82, 2.24) is 9.88 Å². The van der Waals surface area contributed by atoms with Gasteiger partial charge in [-0.15, -0.1) is 0 Å². The number of benzene rings is 7. The van der Waals surface area contributed by atoms with Gasteiger partial charge >= 0.3 is 0 Å². The molecule has 0 radical (unpaired) electrons. The smallest absolute Gasteiger partial charge is 0.155 e. The number of aromatic nitrogens is 1. The van der Waals surface area contributed by atoms with Gasteiger partial charge in [-0.2, -0.15) is 0 Å². The van der Waals surface area contributed by atoms with Gasteiger partial charge in [0.2, 0.25) is 0 Å². The zero-order valence-corrected chi connectivity index (χ0v) is 27.9. The van der Waals surface area contributed by atoms with Gasteiger partial charge in [-0.3, -0.25) is 5.32 Å². The molecule has 2 aromatic heterocycles. The van der Waals surface area contributed by atoms with Crippen molar-refractivity contribution in [3.8, 4) is 16.8 Å². The molecule has 1 unspecified atom stereocenters. The Labute approximate surface area is 295 Å². The Morgan fingerprint density at radius 3 is 2.16 bits per heavy atom. The molecule has 5 nitrogen and oxygen atoms in total. The third kappa shape index (κ3) is 5.60. The van der Waals surface area contributed by atoms with Crippen LogP contribution in [0.15, 0.2) is 184 Å². The van der Waals surface area contributed by atoms with Gasteiger partial charge in [0.25, 0.3) is 0 Å². The van der Waals surface area contributed by atoms with Crippen LogP contribution in [0.1, 0.15) is 22.9 Å². The average Bonchev–Trinajstić information content (AvgIpc) is 3.75. The highest BCUT2D eigenvalue weighted by Gasteiger charge is 2.19. The second-order valence-corrected chi connectivity index (χ2v) is 12.7. The van der Waals surface area contributed by atoms with Gasteiger partial charge in [-0.1, -0.05) is 127 Å². The minimum absolute atomic E-state index is 0.301. The second-order valence-electron chi connectivity index (χ2n) is 12.7. The topological polar surface area (TPSA) is 54.8 Å². The highest BCUT2D eigenvalue weighted by Crippen LogP contribution is 2.41. The van der Waals surface area contributed by atoms with E-state index in [1.165, 1.54) is 16.3 Å². The summed E-state index contributed by atoms with van der Waals surface area (Å²) in [6, 6.07) is 59.0. The van der Waals surface area contributed by atoms with Crippen LogP contribution < -0.4 is 5.32 Å². The van der Waals surface area contributed by atoms with E-state index in [1.807, 2.05) is 42.5 Å². The summed E-state index contributed by atoms with van der Waals surface area (Å²) in [5.74, 6) is 0.582. The van der Waals surface area contributed by atoms with Gasteiger partial charge in [0, 0.05) is 34.0 Å². The summed E-state index contributed by atoms with van der Waals surface area (Å²) in [7, 11) is 0. The Morgan fingerprint density at radius 2 is 1.33 bits per heavy atom. The highest BCUT2D eigenvalue weighted by molar-refractivity contribution is 6.24. The number of para-hydroxylation sites is 2. The van der Waals surface area contributed by atoms with E-state index in [4.69, 9.17) is 9.41 Å². The van der Waals surface area contributed by atoms with Gasteiger partial charge in [-0.05, 0) is 71.4 Å². The molecule has 0 fully saturated rings. The summed E-state index contributed by atoms with van der Waals surface area (Å²) in [4.78, 5) is 9.56. The quantitative estimate of drug-likeness (QED) is 0.130. The van der Waals surface area contributed by atoms with E-state index < -0.39 is 0 Å². The molecule has 0 aliphatic carbocycles. The summed E-state index contributed by atoms with van der Waals surface area (Å²) >= 11 is 0. The molecule has 51 heavy (non-hydrogen) atoms. The highest BCUT2D eigenvalue weighted by atomic mass is 16.3. The van der Waals surface area contributed by atoms with Crippen LogP contribution in [0.4, 0.5) is 0 Å². The molecule has 1 N–H and O–H groups in total. The number of aliphatic imine (C=N–C) groups is 2. The van der Waals surface area contributed by atoms with Crippen molar-refractivity contribution in [2.75, 3.05) is 0 Å². The van der Waals surface area contributed by atoms with Crippen LogP contribution in [0.2, 0.25) is 0 Å². The van der Waals surface area contributed by atoms with Crippen LogP contribution in [-0.4, -0.2) is 17.1 Å². The van der Waals surface area contributed by atoms with Gasteiger partial charge in [0.15, 0.2) is 5.84 Å². The number of hydrogen-bond acceptors (Lipinski definition) is 3. The zero-order chi connectivity index (χ0) is 34.1. The molecule has 2 heterocycles. The molecule has 9 rings (SSSR count). The van der Waals surface area contributed by atoms with Crippen LogP contribution in [0.25, 0.3) is 60.6 Å². The first-order valence-electron chi connectivity index (χ1n) is 17.2. The van der Waals surface area contributed by atoms with E-state index in [-0.39, 0.29) is 6.17 Å². The van der Waals surface area contributed by atoms with Gasteiger partial charge in [0.1, 0.15) is 17.3 Å². The molecule has 0 saturated heterocycles. The van der Waals surface area contributed by atoms with Crippen molar-refractivity contribution in [2.45, 2.75) is 12.7 Å². The molecule has 0 bridgehead atoms. The molecule has 1 atom stereocenters. The number of furan rings is 1. The van der Waals surface area contributed by atoms with Gasteiger partial charge in [-0.25, -0.2) is 9.98 Å². The maximum absolute atomic E-state index is 6.34. The predicted octanol–water partition coefficient (Wildman–Crippen LogP) is 11.3. The maximum atomic E-state index is 6.34. The van der Waals surface area contributed by atoms with Gasteiger partial charge in [0.05, 0.1) is 16.4 Å².